The lowest BCUT2D eigenvalue weighted by Crippen LogP contribution is -1.90. The maximum Gasteiger partial charge on any atom is 0.0630 e. The second-order valence-electron chi connectivity index (χ2n) is 14.4. The molecule has 53 heavy (non-hydrogen) atoms. The highest BCUT2D eigenvalue weighted by molar-refractivity contribution is 6.26. The van der Waals surface area contributed by atoms with Gasteiger partial charge in [0.15, 0.2) is 0 Å². The van der Waals surface area contributed by atoms with Crippen LogP contribution in [0.15, 0.2) is 168 Å². The first-order valence-corrected chi connectivity index (χ1v) is 18.8. The monoisotopic (exact) mass is 678 g/mol. The van der Waals surface area contributed by atoms with Crippen LogP contribution in [0.4, 0.5) is 11.4 Å². The molecule has 0 bridgehead atoms. The molecule has 0 heterocycles. The molecule has 0 saturated carbocycles. The summed E-state index contributed by atoms with van der Waals surface area (Å²) in [6.45, 7) is 0. The molecule has 0 spiro atoms. The van der Waals surface area contributed by atoms with Crippen molar-refractivity contribution < 1.29 is 0 Å². The average molecular weight is 679 g/mol. The molecule has 0 N–H and O–H groups in total. The van der Waals surface area contributed by atoms with Gasteiger partial charge in [-0.05, 0) is 126 Å². The predicted molar refractivity (Wildman–Crippen MR) is 229 cm³/mol. The van der Waals surface area contributed by atoms with Crippen LogP contribution in [-0.2, 0) is 12.8 Å². The lowest BCUT2D eigenvalue weighted by molar-refractivity contribution is 0.678. The molecule has 252 valence electrons. The van der Waals surface area contributed by atoms with Crippen LogP contribution in [0.1, 0.15) is 41.5 Å². The summed E-state index contributed by atoms with van der Waals surface area (Å²) in [6, 6.07) is 57.3. The Hall–Kier alpha value is -6.38. The highest BCUT2D eigenvalue weighted by atomic mass is 14.7. The zero-order chi connectivity index (χ0) is 35.1. The Bertz CT molecular complexity index is 2720. The summed E-state index contributed by atoms with van der Waals surface area (Å²) < 4.78 is 0. The molecule has 2 nitrogen and oxygen atoms in total. The quantitative estimate of drug-likeness (QED) is 0.0781. The Kier molecular flexibility index (Phi) is 7.87. The first-order valence-electron chi connectivity index (χ1n) is 18.8. The summed E-state index contributed by atoms with van der Waals surface area (Å²) in [5.41, 5.74) is 7.03. The third kappa shape index (κ3) is 5.87. The van der Waals surface area contributed by atoms with Crippen LogP contribution in [-0.4, -0.2) is 12.4 Å². The first kappa shape index (κ1) is 31.4. The number of hydrogen-bond donors (Lipinski definition) is 0. The third-order valence-electron chi connectivity index (χ3n) is 11.1. The van der Waals surface area contributed by atoms with Crippen LogP contribution < -0.4 is 0 Å². The Morgan fingerprint density at radius 1 is 0.321 bits per heavy atom. The van der Waals surface area contributed by atoms with Crippen molar-refractivity contribution in [2.75, 3.05) is 0 Å². The fourth-order valence-corrected chi connectivity index (χ4v) is 8.36. The molecule has 0 aromatic heterocycles. The molecular formula is C51H38N2. The van der Waals surface area contributed by atoms with Gasteiger partial charge in [-0.3, -0.25) is 9.98 Å². The number of hydrogen-bond acceptors (Lipinski definition) is 2. The van der Waals surface area contributed by atoms with Crippen molar-refractivity contribution in [1.29, 1.82) is 0 Å². The normalized spacial score (nSPS) is 12.4. The van der Waals surface area contributed by atoms with Gasteiger partial charge in [-0.1, -0.05) is 140 Å². The van der Waals surface area contributed by atoms with Crippen LogP contribution in [0.2, 0.25) is 0 Å². The van der Waals surface area contributed by atoms with Gasteiger partial charge < -0.3 is 0 Å². The van der Waals surface area contributed by atoms with Crippen LogP contribution >= 0.6 is 0 Å². The van der Waals surface area contributed by atoms with Gasteiger partial charge >= 0.3 is 0 Å². The Balaban J connectivity index is 0.732. The number of nitrogens with zero attached hydrogens (tertiary/aromatic N) is 2. The number of aryl methyl sites for hydroxylation is 2. The molecular weight excluding hydrogens is 641 g/mol. The molecule has 0 unspecified atom stereocenters. The van der Waals surface area contributed by atoms with E-state index in [1.165, 1.54) is 95.0 Å². The molecule has 0 amide bonds. The van der Waals surface area contributed by atoms with Crippen molar-refractivity contribution in [2.24, 2.45) is 9.98 Å². The summed E-state index contributed by atoms with van der Waals surface area (Å²) in [7, 11) is 0. The zero-order valence-corrected chi connectivity index (χ0v) is 29.6. The summed E-state index contributed by atoms with van der Waals surface area (Å²) in [6.07, 6.45) is 9.82. The molecule has 10 aromatic carbocycles. The minimum absolute atomic E-state index is 0.989. The molecule has 10 rings (SSSR count). The number of unbranched alkanes of at least 4 members (excludes halogenated alkanes) is 2. The predicted octanol–water partition coefficient (Wildman–Crippen LogP) is 13.9. The van der Waals surface area contributed by atoms with E-state index < -0.39 is 0 Å². The van der Waals surface area contributed by atoms with E-state index in [2.05, 4.69) is 158 Å². The van der Waals surface area contributed by atoms with E-state index in [0.717, 1.165) is 35.3 Å². The number of rotatable bonds is 10. The van der Waals surface area contributed by atoms with Crippen LogP contribution in [0.3, 0.4) is 0 Å². The topological polar surface area (TPSA) is 24.7 Å². The van der Waals surface area contributed by atoms with E-state index in [1.54, 1.807) is 0 Å². The van der Waals surface area contributed by atoms with Gasteiger partial charge in [0.1, 0.15) is 0 Å². The Morgan fingerprint density at radius 3 is 1.09 bits per heavy atom. The van der Waals surface area contributed by atoms with Crippen molar-refractivity contribution in [3.63, 3.8) is 0 Å². The van der Waals surface area contributed by atoms with E-state index in [9.17, 15) is 0 Å². The summed E-state index contributed by atoms with van der Waals surface area (Å²) >= 11 is 0. The van der Waals surface area contributed by atoms with E-state index in [1.807, 2.05) is 12.4 Å². The van der Waals surface area contributed by atoms with Gasteiger partial charge in [0.2, 0.25) is 0 Å². The number of aliphatic imine (C=N–C) groups is 2. The first-order chi connectivity index (χ1) is 26.2. The number of benzene rings is 10. The smallest absolute Gasteiger partial charge is 0.0630 e. The fourth-order valence-electron chi connectivity index (χ4n) is 8.36. The maximum absolute atomic E-state index is 4.87. The van der Waals surface area contributed by atoms with Crippen molar-refractivity contribution >= 4 is 88.4 Å². The second-order valence-corrected chi connectivity index (χ2v) is 14.4. The molecule has 0 aliphatic rings. The van der Waals surface area contributed by atoms with Crippen molar-refractivity contribution in [3.05, 3.63) is 180 Å². The zero-order valence-electron chi connectivity index (χ0n) is 29.6. The molecule has 0 saturated heterocycles. The highest BCUT2D eigenvalue weighted by Crippen LogP contribution is 2.37. The lowest BCUT2D eigenvalue weighted by Gasteiger charge is -2.12. The van der Waals surface area contributed by atoms with Gasteiger partial charge in [-0.2, -0.15) is 0 Å². The fraction of sp³-hybridized carbons (Fsp3) is 0.0980. The molecule has 0 aliphatic carbocycles. The SMILES string of the molecule is C(=Nc1ccc(CCCCCc2ccc(N=Cc3ccc4ccc5cccc6ccc3c4c56)cc2)cc1)c1ccc2ccc3cccc4ccc1c2c34. The summed E-state index contributed by atoms with van der Waals surface area (Å²) in [5.74, 6) is 0. The summed E-state index contributed by atoms with van der Waals surface area (Å²) in [5, 5.41) is 15.6. The van der Waals surface area contributed by atoms with Crippen LogP contribution in [0, 0.1) is 0 Å². The van der Waals surface area contributed by atoms with Gasteiger partial charge in [0.05, 0.1) is 11.4 Å². The minimum Gasteiger partial charge on any atom is -0.256 e. The molecule has 2 heteroatoms. The molecule has 0 atom stereocenters. The lowest BCUT2D eigenvalue weighted by atomic mass is 9.92. The third-order valence-corrected chi connectivity index (χ3v) is 11.1. The molecule has 10 aromatic rings. The van der Waals surface area contributed by atoms with Crippen LogP contribution in [0.5, 0.6) is 0 Å². The summed E-state index contributed by atoms with van der Waals surface area (Å²) in [4.78, 5) is 9.74. The molecule has 0 fully saturated rings. The van der Waals surface area contributed by atoms with Crippen LogP contribution in [0.25, 0.3) is 64.6 Å². The second kappa shape index (κ2) is 13.3. The maximum atomic E-state index is 4.87. The van der Waals surface area contributed by atoms with Gasteiger partial charge in [-0.25, -0.2) is 0 Å². The van der Waals surface area contributed by atoms with Crippen molar-refractivity contribution in [1.82, 2.24) is 0 Å². The van der Waals surface area contributed by atoms with E-state index in [4.69, 9.17) is 9.98 Å². The molecule has 0 aliphatic heterocycles. The van der Waals surface area contributed by atoms with Gasteiger partial charge in [-0.15, -0.1) is 0 Å². The van der Waals surface area contributed by atoms with Gasteiger partial charge in [0.25, 0.3) is 0 Å². The van der Waals surface area contributed by atoms with E-state index in [0.29, 0.717) is 0 Å². The Labute approximate surface area is 309 Å². The van der Waals surface area contributed by atoms with E-state index in [-0.39, 0.29) is 0 Å². The standard InChI is InChI=1S/C51H38N2/c1(2-6-34-12-26-44(27-13-34)52-32-42-22-20-40-18-16-36-8-4-10-38-24-30-46(42)50(40)48(36)38)3-7-35-14-28-45(29-15-35)53-33-43-23-21-41-19-17-37-9-5-11-39-25-31-47(43)51(41)49(37)39/h4-5,8-33H,1-3,6-7H2. The highest BCUT2D eigenvalue weighted by Gasteiger charge is 2.11. The Morgan fingerprint density at radius 2 is 0.679 bits per heavy atom. The minimum atomic E-state index is 0.989. The average Bonchev–Trinajstić information content (AvgIpc) is 3.21. The van der Waals surface area contributed by atoms with E-state index >= 15 is 0 Å². The largest absolute Gasteiger partial charge is 0.256 e. The molecule has 0 radical (unpaired) electrons. The van der Waals surface area contributed by atoms with Crippen molar-refractivity contribution in [2.45, 2.75) is 32.1 Å². The van der Waals surface area contributed by atoms with Gasteiger partial charge in [0, 0.05) is 23.6 Å². The van der Waals surface area contributed by atoms with Crippen molar-refractivity contribution in [3.8, 4) is 0 Å².